The number of pyridine rings is 1. The van der Waals surface area contributed by atoms with Gasteiger partial charge >= 0.3 is 0 Å². The Labute approximate surface area is 95.4 Å². The molecule has 90 valence electrons. The van der Waals surface area contributed by atoms with Crippen molar-refractivity contribution in [1.29, 1.82) is 0 Å². The molecule has 1 aromatic rings. The molecule has 0 radical (unpaired) electrons. The summed E-state index contributed by atoms with van der Waals surface area (Å²) in [6, 6.07) is 2.98. The van der Waals surface area contributed by atoms with Crippen LogP contribution in [-0.2, 0) is 4.74 Å². The van der Waals surface area contributed by atoms with Crippen LogP contribution >= 0.6 is 0 Å². The highest BCUT2D eigenvalue weighted by Crippen LogP contribution is 2.02. The van der Waals surface area contributed by atoms with Gasteiger partial charge in [0.2, 0.25) is 0 Å². The van der Waals surface area contributed by atoms with E-state index in [2.05, 4.69) is 15.2 Å². The SMILES string of the molecule is CN(C)CCOCCNc1ccc(F)cn1. The number of ether oxygens (including phenoxy) is 1. The smallest absolute Gasteiger partial charge is 0.141 e. The molecule has 0 bridgehead atoms. The fourth-order valence-electron chi connectivity index (χ4n) is 1.08. The second-order valence-corrected chi connectivity index (χ2v) is 3.70. The molecule has 0 amide bonds. The number of hydrogen-bond acceptors (Lipinski definition) is 4. The first-order chi connectivity index (χ1) is 7.68. The Morgan fingerprint density at radius 3 is 2.81 bits per heavy atom. The Balaban J connectivity index is 2.05. The summed E-state index contributed by atoms with van der Waals surface area (Å²) in [4.78, 5) is 5.94. The summed E-state index contributed by atoms with van der Waals surface area (Å²) in [7, 11) is 4.01. The highest BCUT2D eigenvalue weighted by molar-refractivity contribution is 5.33. The zero-order valence-electron chi connectivity index (χ0n) is 9.74. The summed E-state index contributed by atoms with van der Waals surface area (Å²) in [6.45, 7) is 2.92. The molecule has 5 heteroatoms. The zero-order valence-corrected chi connectivity index (χ0v) is 9.74. The van der Waals surface area contributed by atoms with Crippen LogP contribution in [0.2, 0.25) is 0 Å². The second-order valence-electron chi connectivity index (χ2n) is 3.70. The fourth-order valence-corrected chi connectivity index (χ4v) is 1.08. The van der Waals surface area contributed by atoms with E-state index < -0.39 is 0 Å². The van der Waals surface area contributed by atoms with Crippen molar-refractivity contribution in [1.82, 2.24) is 9.88 Å². The summed E-state index contributed by atoms with van der Waals surface area (Å²) >= 11 is 0. The van der Waals surface area contributed by atoms with Crippen LogP contribution in [0.3, 0.4) is 0 Å². The van der Waals surface area contributed by atoms with Crippen LogP contribution < -0.4 is 5.32 Å². The molecule has 1 rings (SSSR count). The summed E-state index contributed by atoms with van der Waals surface area (Å²) < 4.78 is 17.9. The number of halogens is 1. The molecule has 0 saturated carbocycles. The maximum atomic E-state index is 12.5. The lowest BCUT2D eigenvalue weighted by Crippen LogP contribution is -2.20. The minimum absolute atomic E-state index is 0.326. The molecule has 0 aliphatic heterocycles. The van der Waals surface area contributed by atoms with Crippen molar-refractivity contribution >= 4 is 5.82 Å². The third-order valence-electron chi connectivity index (χ3n) is 1.96. The van der Waals surface area contributed by atoms with Gasteiger partial charge in [0.05, 0.1) is 19.4 Å². The molecule has 0 aliphatic carbocycles. The fraction of sp³-hybridized carbons (Fsp3) is 0.545. The van der Waals surface area contributed by atoms with Gasteiger partial charge in [-0.1, -0.05) is 0 Å². The molecule has 0 saturated heterocycles. The highest BCUT2D eigenvalue weighted by atomic mass is 19.1. The Morgan fingerprint density at radius 2 is 2.19 bits per heavy atom. The Hall–Kier alpha value is -1.20. The van der Waals surface area contributed by atoms with Gasteiger partial charge < -0.3 is 15.0 Å². The quantitative estimate of drug-likeness (QED) is 0.710. The maximum absolute atomic E-state index is 12.5. The minimum Gasteiger partial charge on any atom is -0.378 e. The molecule has 16 heavy (non-hydrogen) atoms. The van der Waals surface area contributed by atoms with Gasteiger partial charge in [-0.2, -0.15) is 0 Å². The van der Waals surface area contributed by atoms with Crippen molar-refractivity contribution in [3.8, 4) is 0 Å². The maximum Gasteiger partial charge on any atom is 0.141 e. The monoisotopic (exact) mass is 227 g/mol. The number of anilines is 1. The molecule has 0 unspecified atom stereocenters. The van der Waals surface area contributed by atoms with Gasteiger partial charge in [0.1, 0.15) is 11.6 Å². The minimum atomic E-state index is -0.326. The first-order valence-electron chi connectivity index (χ1n) is 5.26. The van der Waals surface area contributed by atoms with Crippen LogP contribution in [0, 0.1) is 5.82 Å². The molecule has 0 atom stereocenters. The average molecular weight is 227 g/mol. The lowest BCUT2D eigenvalue weighted by atomic mass is 10.4. The van der Waals surface area contributed by atoms with Gasteiger partial charge in [0, 0.05) is 13.1 Å². The van der Waals surface area contributed by atoms with Gasteiger partial charge in [-0.3, -0.25) is 0 Å². The van der Waals surface area contributed by atoms with Crippen molar-refractivity contribution < 1.29 is 9.13 Å². The van der Waals surface area contributed by atoms with Gasteiger partial charge in [-0.05, 0) is 26.2 Å². The lowest BCUT2D eigenvalue weighted by Gasteiger charge is -2.10. The van der Waals surface area contributed by atoms with E-state index in [0.29, 0.717) is 25.6 Å². The van der Waals surface area contributed by atoms with Crippen LogP contribution in [0.25, 0.3) is 0 Å². The van der Waals surface area contributed by atoms with Crippen molar-refractivity contribution in [3.05, 3.63) is 24.1 Å². The van der Waals surface area contributed by atoms with Crippen molar-refractivity contribution in [3.63, 3.8) is 0 Å². The zero-order chi connectivity index (χ0) is 11.8. The van der Waals surface area contributed by atoms with Crippen molar-refractivity contribution in [2.45, 2.75) is 0 Å². The first kappa shape index (κ1) is 12.9. The average Bonchev–Trinajstić information content (AvgIpc) is 2.25. The summed E-state index contributed by atoms with van der Waals surface area (Å²) in [6.07, 6.45) is 1.19. The van der Waals surface area contributed by atoms with E-state index in [4.69, 9.17) is 4.74 Å². The van der Waals surface area contributed by atoms with Crippen molar-refractivity contribution in [2.75, 3.05) is 45.7 Å². The standard InChI is InChI=1S/C11H18FN3O/c1-15(2)6-8-16-7-5-13-11-4-3-10(12)9-14-11/h3-4,9H,5-8H2,1-2H3,(H,13,14). The van der Waals surface area contributed by atoms with Gasteiger partial charge in [0.15, 0.2) is 0 Å². The van der Waals surface area contributed by atoms with Gasteiger partial charge in [-0.25, -0.2) is 9.37 Å². The van der Waals surface area contributed by atoms with Gasteiger partial charge in [-0.15, -0.1) is 0 Å². The summed E-state index contributed by atoms with van der Waals surface area (Å²) in [5.74, 6) is 0.338. The molecule has 0 aliphatic rings. The topological polar surface area (TPSA) is 37.4 Å². The molecule has 4 nitrogen and oxygen atoms in total. The predicted molar refractivity (Wildman–Crippen MR) is 62.1 cm³/mol. The molecule has 0 spiro atoms. The van der Waals surface area contributed by atoms with Crippen LogP contribution in [-0.4, -0.2) is 50.3 Å². The summed E-state index contributed by atoms with van der Waals surface area (Å²) in [5.41, 5.74) is 0. The molecule has 0 aromatic carbocycles. The van der Waals surface area contributed by atoms with E-state index in [0.717, 1.165) is 6.54 Å². The number of likely N-dealkylation sites (N-methyl/N-ethyl adjacent to an activating group) is 1. The number of aromatic nitrogens is 1. The number of rotatable bonds is 7. The molecule has 1 aromatic heterocycles. The normalized spacial score (nSPS) is 10.8. The molecular weight excluding hydrogens is 209 g/mol. The first-order valence-corrected chi connectivity index (χ1v) is 5.26. The molecular formula is C11H18FN3O. The van der Waals surface area contributed by atoms with Crippen LogP contribution in [0.1, 0.15) is 0 Å². The van der Waals surface area contributed by atoms with E-state index in [-0.39, 0.29) is 5.82 Å². The largest absolute Gasteiger partial charge is 0.378 e. The van der Waals surface area contributed by atoms with E-state index in [9.17, 15) is 4.39 Å². The Bertz CT molecular complexity index is 290. The molecule has 1 N–H and O–H groups in total. The third-order valence-corrected chi connectivity index (χ3v) is 1.96. The predicted octanol–water partition coefficient (Wildman–Crippen LogP) is 1.21. The van der Waals surface area contributed by atoms with Crippen LogP contribution in [0.5, 0.6) is 0 Å². The van der Waals surface area contributed by atoms with Crippen LogP contribution in [0.4, 0.5) is 10.2 Å². The van der Waals surface area contributed by atoms with Crippen LogP contribution in [0.15, 0.2) is 18.3 Å². The van der Waals surface area contributed by atoms with E-state index in [1.54, 1.807) is 6.07 Å². The highest BCUT2D eigenvalue weighted by Gasteiger charge is 1.94. The number of hydrogen-bond donors (Lipinski definition) is 1. The van der Waals surface area contributed by atoms with E-state index >= 15 is 0 Å². The Kier molecular flexibility index (Phi) is 5.74. The summed E-state index contributed by atoms with van der Waals surface area (Å²) in [5, 5.41) is 3.04. The third kappa shape index (κ3) is 5.63. The molecule has 0 fully saturated rings. The number of nitrogens with one attached hydrogen (secondary N) is 1. The van der Waals surface area contributed by atoms with Gasteiger partial charge in [0.25, 0.3) is 0 Å². The lowest BCUT2D eigenvalue weighted by molar-refractivity contribution is 0.126. The Morgan fingerprint density at radius 1 is 1.38 bits per heavy atom. The van der Waals surface area contributed by atoms with Crippen molar-refractivity contribution in [2.24, 2.45) is 0 Å². The number of nitrogens with zero attached hydrogens (tertiary/aromatic N) is 2. The molecule has 1 heterocycles. The van der Waals surface area contributed by atoms with E-state index in [1.165, 1.54) is 12.3 Å². The van der Waals surface area contributed by atoms with E-state index in [1.807, 2.05) is 14.1 Å². The second kappa shape index (κ2) is 7.14.